The predicted molar refractivity (Wildman–Crippen MR) is 60.2 cm³/mol. The molecule has 14 heavy (non-hydrogen) atoms. The van der Waals surface area contributed by atoms with Crippen molar-refractivity contribution in [2.75, 3.05) is 23.4 Å². The maximum atomic E-state index is 12.5. The van der Waals surface area contributed by atoms with Crippen molar-refractivity contribution >= 4 is 17.6 Å². The van der Waals surface area contributed by atoms with E-state index in [1.165, 1.54) is 12.3 Å². The Morgan fingerprint density at radius 3 is 3.07 bits per heavy atom. The van der Waals surface area contributed by atoms with E-state index in [4.69, 9.17) is 0 Å². The van der Waals surface area contributed by atoms with E-state index >= 15 is 0 Å². The molecule has 0 amide bonds. The highest BCUT2D eigenvalue weighted by atomic mass is 32.2. The molecule has 0 saturated carbocycles. The number of thioether (sulfide) groups is 1. The van der Waals surface area contributed by atoms with Gasteiger partial charge in [-0.1, -0.05) is 6.08 Å². The Balaban J connectivity index is 2.18. The maximum absolute atomic E-state index is 12.5. The quantitative estimate of drug-likeness (QED) is 0.579. The zero-order valence-corrected chi connectivity index (χ0v) is 8.69. The van der Waals surface area contributed by atoms with Crippen LogP contribution in [-0.4, -0.2) is 23.0 Å². The number of hydrogen-bond donors (Lipinski definition) is 1. The summed E-state index contributed by atoms with van der Waals surface area (Å²) >= 11 is 1.79. The van der Waals surface area contributed by atoms with Gasteiger partial charge >= 0.3 is 0 Å². The molecule has 0 radical (unpaired) electrons. The fraction of sp³-hybridized carbons (Fsp3) is 0.300. The van der Waals surface area contributed by atoms with E-state index in [2.05, 4.69) is 16.9 Å². The van der Waals surface area contributed by atoms with Crippen molar-refractivity contribution in [3.63, 3.8) is 0 Å². The minimum Gasteiger partial charge on any atom is -0.369 e. The zero-order chi connectivity index (χ0) is 10.2. The summed E-state index contributed by atoms with van der Waals surface area (Å²) < 4.78 is 12.5. The molecule has 1 N–H and O–H groups in total. The molecule has 0 aliphatic heterocycles. The fourth-order valence-corrected chi connectivity index (χ4v) is 1.48. The molecule has 0 aromatic carbocycles. The van der Waals surface area contributed by atoms with Crippen molar-refractivity contribution in [3.8, 4) is 0 Å². The zero-order valence-electron chi connectivity index (χ0n) is 7.87. The summed E-state index contributed by atoms with van der Waals surface area (Å²) in [6, 6.07) is 3.03. The van der Waals surface area contributed by atoms with Gasteiger partial charge < -0.3 is 5.32 Å². The van der Waals surface area contributed by atoms with Gasteiger partial charge in [0.2, 0.25) is 0 Å². The van der Waals surface area contributed by atoms with Crippen LogP contribution in [0.25, 0.3) is 0 Å². The number of hydrogen-bond acceptors (Lipinski definition) is 3. The number of rotatable bonds is 6. The molecule has 0 fully saturated rings. The highest BCUT2D eigenvalue weighted by Crippen LogP contribution is 2.04. The van der Waals surface area contributed by atoms with Crippen molar-refractivity contribution in [2.24, 2.45) is 0 Å². The third kappa shape index (κ3) is 4.28. The minimum absolute atomic E-state index is 0.309. The van der Waals surface area contributed by atoms with Crippen molar-refractivity contribution in [1.82, 2.24) is 4.98 Å². The molecule has 1 aromatic heterocycles. The van der Waals surface area contributed by atoms with Gasteiger partial charge in [0.15, 0.2) is 0 Å². The molecule has 0 bridgehead atoms. The minimum atomic E-state index is -0.309. The first-order chi connectivity index (χ1) is 6.83. The van der Waals surface area contributed by atoms with Crippen molar-refractivity contribution in [3.05, 3.63) is 36.8 Å². The highest BCUT2D eigenvalue weighted by molar-refractivity contribution is 7.99. The summed E-state index contributed by atoms with van der Waals surface area (Å²) in [5.74, 6) is 2.35. The van der Waals surface area contributed by atoms with Crippen LogP contribution in [0.3, 0.4) is 0 Å². The van der Waals surface area contributed by atoms with E-state index in [9.17, 15) is 4.39 Å². The molecule has 0 saturated heterocycles. The SMILES string of the molecule is C=CCSCCNc1ccc(F)cn1. The Hall–Kier alpha value is -1.03. The average molecular weight is 212 g/mol. The van der Waals surface area contributed by atoms with E-state index in [1.54, 1.807) is 17.8 Å². The third-order valence-electron chi connectivity index (χ3n) is 1.52. The van der Waals surface area contributed by atoms with E-state index in [0.717, 1.165) is 18.1 Å². The molecule has 0 atom stereocenters. The third-order valence-corrected chi connectivity index (χ3v) is 2.48. The number of halogens is 1. The second-order valence-corrected chi connectivity index (χ2v) is 3.80. The molecule has 2 nitrogen and oxygen atoms in total. The number of pyridine rings is 1. The number of anilines is 1. The molecule has 1 aromatic rings. The first-order valence-corrected chi connectivity index (χ1v) is 5.52. The Bertz CT molecular complexity index is 274. The van der Waals surface area contributed by atoms with Gasteiger partial charge in [-0.2, -0.15) is 11.8 Å². The van der Waals surface area contributed by atoms with Gasteiger partial charge in [-0.3, -0.25) is 0 Å². The van der Waals surface area contributed by atoms with Gasteiger partial charge in [-0.25, -0.2) is 9.37 Å². The van der Waals surface area contributed by atoms with Crippen LogP contribution in [-0.2, 0) is 0 Å². The standard InChI is InChI=1S/C10H13FN2S/c1-2-6-14-7-5-12-10-4-3-9(11)8-13-10/h2-4,8H,1,5-7H2,(H,12,13). The van der Waals surface area contributed by atoms with Crippen LogP contribution in [0, 0.1) is 5.82 Å². The van der Waals surface area contributed by atoms with E-state index in [-0.39, 0.29) is 5.82 Å². The summed E-state index contributed by atoms with van der Waals surface area (Å²) in [5.41, 5.74) is 0. The monoisotopic (exact) mass is 212 g/mol. The molecule has 76 valence electrons. The van der Waals surface area contributed by atoms with Gasteiger partial charge in [-0.05, 0) is 12.1 Å². The smallest absolute Gasteiger partial charge is 0.141 e. The molecular weight excluding hydrogens is 199 g/mol. The fourth-order valence-electron chi connectivity index (χ4n) is 0.898. The summed E-state index contributed by atoms with van der Waals surface area (Å²) in [6.07, 6.45) is 3.08. The second-order valence-electron chi connectivity index (χ2n) is 2.65. The lowest BCUT2D eigenvalue weighted by atomic mass is 10.4. The predicted octanol–water partition coefficient (Wildman–Crippen LogP) is 2.55. The molecule has 0 aliphatic carbocycles. The maximum Gasteiger partial charge on any atom is 0.141 e. The average Bonchev–Trinajstić information content (AvgIpc) is 2.21. The van der Waals surface area contributed by atoms with Gasteiger partial charge in [0.25, 0.3) is 0 Å². The Labute approximate surface area is 87.6 Å². The first kappa shape index (κ1) is 11.0. The molecule has 4 heteroatoms. The number of nitrogens with zero attached hydrogens (tertiary/aromatic N) is 1. The van der Waals surface area contributed by atoms with Crippen LogP contribution in [0.1, 0.15) is 0 Å². The first-order valence-electron chi connectivity index (χ1n) is 4.37. The summed E-state index contributed by atoms with van der Waals surface area (Å²) in [6.45, 7) is 4.46. The summed E-state index contributed by atoms with van der Waals surface area (Å²) in [7, 11) is 0. The molecule has 0 unspecified atom stereocenters. The van der Waals surface area contributed by atoms with Crippen LogP contribution in [0.15, 0.2) is 31.0 Å². The van der Waals surface area contributed by atoms with E-state index < -0.39 is 0 Å². The topological polar surface area (TPSA) is 24.9 Å². The van der Waals surface area contributed by atoms with Gasteiger partial charge in [0.05, 0.1) is 6.20 Å². The molecule has 1 rings (SSSR count). The lowest BCUT2D eigenvalue weighted by Crippen LogP contribution is -2.05. The lowest BCUT2D eigenvalue weighted by molar-refractivity contribution is 0.622. The molecule has 1 heterocycles. The largest absolute Gasteiger partial charge is 0.369 e. The van der Waals surface area contributed by atoms with Crippen molar-refractivity contribution in [1.29, 1.82) is 0 Å². The molecule has 0 spiro atoms. The summed E-state index contributed by atoms with van der Waals surface area (Å²) in [5, 5.41) is 3.10. The van der Waals surface area contributed by atoms with Crippen LogP contribution >= 0.6 is 11.8 Å². The van der Waals surface area contributed by atoms with Crippen molar-refractivity contribution in [2.45, 2.75) is 0 Å². The lowest BCUT2D eigenvalue weighted by Gasteiger charge is -2.03. The van der Waals surface area contributed by atoms with E-state index in [1.807, 2.05) is 6.08 Å². The van der Waals surface area contributed by atoms with Gasteiger partial charge in [0, 0.05) is 18.1 Å². The van der Waals surface area contributed by atoms with Gasteiger partial charge in [0.1, 0.15) is 11.6 Å². The number of nitrogens with one attached hydrogen (secondary N) is 1. The van der Waals surface area contributed by atoms with Gasteiger partial charge in [-0.15, -0.1) is 6.58 Å². The molecule has 0 aliphatic rings. The van der Waals surface area contributed by atoms with Crippen LogP contribution in [0.2, 0.25) is 0 Å². The second kappa shape index (κ2) is 6.43. The Kier molecular flexibility index (Phi) is 5.07. The normalized spacial score (nSPS) is 9.79. The highest BCUT2D eigenvalue weighted by Gasteiger charge is 1.93. The summed E-state index contributed by atoms with van der Waals surface area (Å²) in [4.78, 5) is 3.88. The van der Waals surface area contributed by atoms with Crippen LogP contribution in [0.5, 0.6) is 0 Å². The van der Waals surface area contributed by atoms with Crippen LogP contribution in [0.4, 0.5) is 10.2 Å². The Morgan fingerprint density at radius 1 is 1.57 bits per heavy atom. The Morgan fingerprint density at radius 2 is 2.43 bits per heavy atom. The van der Waals surface area contributed by atoms with E-state index in [0.29, 0.717) is 5.82 Å². The van der Waals surface area contributed by atoms with Crippen molar-refractivity contribution < 1.29 is 4.39 Å². The number of aromatic nitrogens is 1. The molecular formula is C10H13FN2S. The van der Waals surface area contributed by atoms with Crippen LogP contribution < -0.4 is 5.32 Å².